The number of esters is 1. The Morgan fingerprint density at radius 1 is 1.31 bits per heavy atom. The van der Waals surface area contributed by atoms with Crippen LogP contribution in [0.15, 0.2) is 35.1 Å². The molecule has 1 aliphatic rings. The molecule has 0 saturated heterocycles. The predicted octanol–water partition coefficient (Wildman–Crippen LogP) is 6.54. The number of methoxy groups -OCH3 is 1. The van der Waals surface area contributed by atoms with Gasteiger partial charge < -0.3 is 9.16 Å². The molecule has 1 rings (SSSR count). The maximum atomic E-state index is 12.4. The first-order chi connectivity index (χ1) is 11.8. The van der Waals surface area contributed by atoms with Gasteiger partial charge in [-0.05, 0) is 50.2 Å². The maximum absolute atomic E-state index is 12.4. The Bertz CT molecular complexity index is 601. The first-order valence-corrected chi connectivity index (χ1v) is 12.5. The molecule has 0 aliphatic heterocycles. The molecule has 1 atom stereocenters. The van der Waals surface area contributed by atoms with Gasteiger partial charge in [0.05, 0.1) is 18.4 Å². The van der Waals surface area contributed by atoms with Gasteiger partial charge >= 0.3 is 5.97 Å². The zero-order valence-electron chi connectivity index (χ0n) is 18.3. The van der Waals surface area contributed by atoms with E-state index in [0.29, 0.717) is 12.0 Å². The average Bonchev–Trinajstić information content (AvgIpc) is 2.63. The van der Waals surface area contributed by atoms with Crippen molar-refractivity contribution in [3.63, 3.8) is 0 Å². The molecule has 0 unspecified atom stereocenters. The van der Waals surface area contributed by atoms with Gasteiger partial charge in [0.2, 0.25) is 8.32 Å². The van der Waals surface area contributed by atoms with Crippen LogP contribution in [0.5, 0.6) is 0 Å². The highest BCUT2D eigenvalue weighted by Crippen LogP contribution is 2.43. The van der Waals surface area contributed by atoms with Crippen molar-refractivity contribution < 1.29 is 14.0 Å². The first kappa shape index (κ1) is 22.7. The van der Waals surface area contributed by atoms with Gasteiger partial charge in [0.25, 0.3) is 0 Å². The van der Waals surface area contributed by atoms with Gasteiger partial charge in [0.15, 0.2) is 0 Å². The van der Waals surface area contributed by atoms with E-state index >= 15 is 0 Å². The third-order valence-electron chi connectivity index (χ3n) is 5.63. The number of carbonyl (C=O) groups excluding carboxylic acids is 1. The van der Waals surface area contributed by atoms with E-state index in [1.807, 2.05) is 0 Å². The molecule has 0 N–H and O–H groups in total. The Morgan fingerprint density at radius 3 is 2.42 bits per heavy atom. The molecule has 0 aromatic carbocycles. The van der Waals surface area contributed by atoms with Crippen LogP contribution in [0.4, 0.5) is 0 Å². The zero-order chi connectivity index (χ0) is 20.2. The Hall–Kier alpha value is -1.29. The molecule has 0 saturated carbocycles. The minimum atomic E-state index is -2.03. The van der Waals surface area contributed by atoms with Gasteiger partial charge in [-0.3, -0.25) is 0 Å². The lowest BCUT2D eigenvalue weighted by Gasteiger charge is -2.39. The standard InChI is InChI=1S/C22H38O3Si/c1-17(2)12-10-14-22(6)15-11-13-18(20(23)24-7)19(16-22)25-26(8,9)21(3,4)5/h11-12,15H,10,13-14,16H2,1-9H3/t22-/m0/s1. The average molecular weight is 379 g/mol. The summed E-state index contributed by atoms with van der Waals surface area (Å²) in [5, 5.41) is 0.0828. The lowest BCUT2D eigenvalue weighted by molar-refractivity contribution is -0.136. The number of rotatable bonds is 6. The summed E-state index contributed by atoms with van der Waals surface area (Å²) in [5.74, 6) is 0.574. The van der Waals surface area contributed by atoms with E-state index in [-0.39, 0.29) is 16.4 Å². The van der Waals surface area contributed by atoms with Crippen LogP contribution in [-0.2, 0) is 14.0 Å². The second-order valence-electron chi connectivity index (χ2n) is 9.51. The van der Waals surface area contributed by atoms with Crippen LogP contribution < -0.4 is 0 Å². The molecule has 148 valence electrons. The van der Waals surface area contributed by atoms with Crippen LogP contribution in [0.3, 0.4) is 0 Å². The van der Waals surface area contributed by atoms with E-state index in [1.54, 1.807) is 0 Å². The SMILES string of the molecule is COC(=O)C1=C(O[Si](C)(C)C(C)(C)C)C[C@@](C)(CCC=C(C)C)C=CC1. The summed E-state index contributed by atoms with van der Waals surface area (Å²) in [6.07, 6.45) is 10.0. The number of carbonyl (C=O) groups is 1. The quantitative estimate of drug-likeness (QED) is 0.299. The summed E-state index contributed by atoms with van der Waals surface area (Å²) in [6.45, 7) is 17.7. The van der Waals surface area contributed by atoms with Crippen LogP contribution in [0.2, 0.25) is 18.1 Å². The number of hydrogen-bond donors (Lipinski definition) is 0. The van der Waals surface area contributed by atoms with Gasteiger partial charge in [0.1, 0.15) is 0 Å². The van der Waals surface area contributed by atoms with Gasteiger partial charge in [-0.1, -0.05) is 51.5 Å². The number of hydrogen-bond acceptors (Lipinski definition) is 3. The van der Waals surface area contributed by atoms with Crippen molar-refractivity contribution >= 4 is 14.3 Å². The van der Waals surface area contributed by atoms with Gasteiger partial charge in [-0.2, -0.15) is 0 Å². The Balaban J connectivity index is 3.21. The van der Waals surface area contributed by atoms with E-state index in [1.165, 1.54) is 12.7 Å². The van der Waals surface area contributed by atoms with Crippen molar-refractivity contribution in [2.24, 2.45) is 5.41 Å². The topological polar surface area (TPSA) is 35.5 Å². The molecule has 0 spiro atoms. The first-order valence-electron chi connectivity index (χ1n) is 9.62. The highest BCUT2D eigenvalue weighted by molar-refractivity contribution is 6.74. The second kappa shape index (κ2) is 8.60. The molecule has 0 bridgehead atoms. The Labute approximate surface area is 161 Å². The lowest BCUT2D eigenvalue weighted by atomic mass is 9.81. The zero-order valence-corrected chi connectivity index (χ0v) is 19.3. The van der Waals surface area contributed by atoms with Gasteiger partial charge in [0, 0.05) is 12.8 Å². The highest BCUT2D eigenvalue weighted by atomic mass is 28.4. The van der Waals surface area contributed by atoms with Crippen LogP contribution in [0.1, 0.15) is 67.2 Å². The normalized spacial score (nSPS) is 21.3. The molecule has 0 aromatic heterocycles. The number of allylic oxidation sites excluding steroid dienone is 5. The highest BCUT2D eigenvalue weighted by Gasteiger charge is 2.41. The molecule has 1 aliphatic carbocycles. The van der Waals surface area contributed by atoms with Gasteiger partial charge in [-0.15, -0.1) is 0 Å². The molecule has 0 amide bonds. The van der Waals surface area contributed by atoms with Crippen molar-refractivity contribution in [1.82, 2.24) is 0 Å². The van der Waals surface area contributed by atoms with E-state index < -0.39 is 8.32 Å². The van der Waals surface area contributed by atoms with Crippen molar-refractivity contribution in [1.29, 1.82) is 0 Å². The molecule has 26 heavy (non-hydrogen) atoms. The van der Waals surface area contributed by atoms with E-state index in [4.69, 9.17) is 9.16 Å². The minimum absolute atomic E-state index is 0.0145. The summed E-state index contributed by atoms with van der Waals surface area (Å²) in [6, 6.07) is 0. The Kier molecular flexibility index (Phi) is 7.52. The Morgan fingerprint density at radius 2 is 1.92 bits per heavy atom. The fourth-order valence-electron chi connectivity index (χ4n) is 2.85. The second-order valence-corrected chi connectivity index (χ2v) is 14.2. The summed E-state index contributed by atoms with van der Waals surface area (Å²) < 4.78 is 11.7. The third-order valence-corrected chi connectivity index (χ3v) is 10.00. The summed E-state index contributed by atoms with van der Waals surface area (Å²) in [4.78, 5) is 12.4. The summed E-state index contributed by atoms with van der Waals surface area (Å²) in [7, 11) is -0.586. The van der Waals surface area contributed by atoms with E-state index in [9.17, 15) is 4.79 Å². The van der Waals surface area contributed by atoms with Crippen molar-refractivity contribution in [3.05, 3.63) is 35.1 Å². The minimum Gasteiger partial charge on any atom is -0.546 e. The molecule has 0 heterocycles. The molecule has 0 fully saturated rings. The smallest absolute Gasteiger partial charge is 0.337 e. The number of ether oxygens (including phenoxy) is 1. The third kappa shape index (κ3) is 6.15. The van der Waals surface area contributed by atoms with Crippen LogP contribution in [-0.4, -0.2) is 21.4 Å². The molecule has 0 radical (unpaired) electrons. The van der Waals surface area contributed by atoms with Crippen LogP contribution >= 0.6 is 0 Å². The van der Waals surface area contributed by atoms with Gasteiger partial charge in [-0.25, -0.2) is 4.79 Å². The molecule has 4 heteroatoms. The van der Waals surface area contributed by atoms with Crippen molar-refractivity contribution in [2.75, 3.05) is 7.11 Å². The predicted molar refractivity (Wildman–Crippen MR) is 112 cm³/mol. The van der Waals surface area contributed by atoms with Crippen molar-refractivity contribution in [3.8, 4) is 0 Å². The molecular formula is C22H38O3Si. The molecular weight excluding hydrogens is 340 g/mol. The van der Waals surface area contributed by atoms with E-state index in [2.05, 4.69) is 72.9 Å². The summed E-state index contributed by atoms with van der Waals surface area (Å²) in [5.41, 5.74) is 2.01. The molecule has 3 nitrogen and oxygen atoms in total. The largest absolute Gasteiger partial charge is 0.546 e. The fraction of sp³-hybridized carbons (Fsp3) is 0.682. The fourth-order valence-corrected chi connectivity index (χ4v) is 3.97. The van der Waals surface area contributed by atoms with Crippen LogP contribution in [0, 0.1) is 5.41 Å². The lowest BCUT2D eigenvalue weighted by Crippen LogP contribution is -2.41. The van der Waals surface area contributed by atoms with E-state index in [0.717, 1.165) is 25.0 Å². The van der Waals surface area contributed by atoms with Crippen LogP contribution in [0.25, 0.3) is 0 Å². The van der Waals surface area contributed by atoms with Crippen molar-refractivity contribution in [2.45, 2.75) is 85.4 Å². The molecule has 0 aromatic rings. The summed E-state index contributed by atoms with van der Waals surface area (Å²) >= 11 is 0. The maximum Gasteiger partial charge on any atom is 0.337 e. The monoisotopic (exact) mass is 378 g/mol.